The minimum Gasteiger partial charge on any atom is -0.326 e. The Morgan fingerprint density at radius 1 is 1.17 bits per heavy atom. The lowest BCUT2D eigenvalue weighted by molar-refractivity contribution is 0.268. The van der Waals surface area contributed by atoms with Gasteiger partial charge in [0.1, 0.15) is 0 Å². The molecule has 1 aliphatic rings. The van der Waals surface area contributed by atoms with Crippen LogP contribution in [-0.2, 0) is 13.0 Å². The van der Waals surface area contributed by atoms with Crippen LogP contribution >= 0.6 is 22.9 Å². The summed E-state index contributed by atoms with van der Waals surface area (Å²) in [5, 5.41) is 6.67. The van der Waals surface area contributed by atoms with Crippen molar-refractivity contribution in [3.05, 3.63) is 63.0 Å². The lowest BCUT2D eigenvalue weighted by atomic mass is 9.97. The monoisotopic (exact) mass is 423 g/mol. The third-order valence-electron chi connectivity index (χ3n) is 5.52. The summed E-state index contributed by atoms with van der Waals surface area (Å²) in [6, 6.07) is 12.7. The average molecular weight is 424 g/mol. The van der Waals surface area contributed by atoms with Gasteiger partial charge in [0.15, 0.2) is 0 Å². The maximum atomic E-state index is 6.41. The Balaban J connectivity index is 1.69. The minimum atomic E-state index is 0.471. The molecule has 5 heteroatoms. The molecule has 1 aromatic heterocycles. The first-order valence-electron chi connectivity index (χ1n) is 10.2. The quantitative estimate of drug-likeness (QED) is 0.568. The zero-order valence-corrected chi connectivity index (χ0v) is 18.5. The van der Waals surface area contributed by atoms with Crippen LogP contribution in [0.1, 0.15) is 41.8 Å². The van der Waals surface area contributed by atoms with Crippen LogP contribution in [0.4, 0.5) is 5.69 Å². The van der Waals surface area contributed by atoms with Gasteiger partial charge < -0.3 is 10.7 Å². The minimum absolute atomic E-state index is 0.471. The van der Waals surface area contributed by atoms with E-state index in [4.69, 9.17) is 17.3 Å². The van der Waals surface area contributed by atoms with Crippen LogP contribution in [0.25, 0.3) is 10.1 Å². The Kier molecular flexibility index (Phi) is 6.12. The molecule has 0 radical (unpaired) electrons. The Morgan fingerprint density at radius 3 is 2.76 bits per heavy atom. The van der Waals surface area contributed by atoms with Gasteiger partial charge in [-0.25, -0.2) is 5.01 Å². The topological polar surface area (TPSA) is 32.5 Å². The molecule has 0 saturated heterocycles. The molecule has 0 atom stereocenters. The van der Waals surface area contributed by atoms with Crippen LogP contribution in [0.3, 0.4) is 0 Å². The van der Waals surface area contributed by atoms with E-state index in [1.807, 2.05) is 6.07 Å². The highest BCUT2D eigenvalue weighted by atomic mass is 35.5. The van der Waals surface area contributed by atoms with Crippen molar-refractivity contribution < 1.29 is 0 Å². The summed E-state index contributed by atoms with van der Waals surface area (Å²) in [5.74, 6) is 6.81. The number of thiophene rings is 1. The van der Waals surface area contributed by atoms with Crippen LogP contribution in [0.2, 0.25) is 5.02 Å². The molecule has 1 aliphatic heterocycles. The van der Waals surface area contributed by atoms with Gasteiger partial charge in [0.2, 0.25) is 0 Å². The van der Waals surface area contributed by atoms with Crippen molar-refractivity contribution in [2.24, 2.45) is 5.73 Å². The van der Waals surface area contributed by atoms with Crippen LogP contribution in [-0.4, -0.2) is 24.6 Å². The van der Waals surface area contributed by atoms with Crippen molar-refractivity contribution in [1.29, 1.82) is 0 Å². The Hall–Kier alpha value is -2.03. The van der Waals surface area contributed by atoms with Crippen molar-refractivity contribution in [1.82, 2.24) is 5.01 Å². The summed E-state index contributed by atoms with van der Waals surface area (Å²) >= 11 is 8.06. The molecule has 29 heavy (non-hydrogen) atoms. The second-order valence-corrected chi connectivity index (χ2v) is 8.69. The average Bonchev–Trinajstić information content (AvgIpc) is 3.08. The number of hydrogen-bond donors (Lipinski definition) is 1. The van der Waals surface area contributed by atoms with Gasteiger partial charge in [-0.3, -0.25) is 0 Å². The van der Waals surface area contributed by atoms with Gasteiger partial charge in [0.25, 0.3) is 0 Å². The van der Waals surface area contributed by atoms with Gasteiger partial charge in [-0.2, -0.15) is 0 Å². The largest absolute Gasteiger partial charge is 0.326 e. The molecule has 0 saturated carbocycles. The van der Waals surface area contributed by atoms with E-state index >= 15 is 0 Å². The molecule has 2 heterocycles. The fraction of sp³-hybridized carbons (Fsp3) is 0.333. The molecule has 0 bridgehead atoms. The van der Waals surface area contributed by atoms with Gasteiger partial charge in [0, 0.05) is 52.3 Å². The van der Waals surface area contributed by atoms with Crippen molar-refractivity contribution in [2.75, 3.05) is 24.6 Å². The van der Waals surface area contributed by atoms with E-state index in [2.05, 4.69) is 66.0 Å². The molecule has 4 rings (SSSR count). The molecular formula is C24H26ClN3S. The zero-order valence-electron chi connectivity index (χ0n) is 17.0. The van der Waals surface area contributed by atoms with Gasteiger partial charge >= 0.3 is 0 Å². The standard InChI is InChI=1S/C24H26ClN3S/c1-3-27(4-2)28-14-6-8-19-18(7-5-9-21(19)28)12-10-17-11-13-20-22(15-17)29-23(16-26)24(20)25/h5,7,9,11,13,15H,3-4,6,8,14,16,26H2,1-2H3. The lowest BCUT2D eigenvalue weighted by Gasteiger charge is -2.39. The molecule has 0 aliphatic carbocycles. The highest BCUT2D eigenvalue weighted by molar-refractivity contribution is 7.19. The Bertz CT molecular complexity index is 1090. The number of nitrogens with two attached hydrogens (primary N) is 1. The lowest BCUT2D eigenvalue weighted by Crippen LogP contribution is -2.45. The maximum Gasteiger partial charge on any atom is 0.0636 e. The Morgan fingerprint density at radius 2 is 2.00 bits per heavy atom. The number of benzene rings is 2. The van der Waals surface area contributed by atoms with Crippen LogP contribution in [0.5, 0.6) is 0 Å². The highest BCUT2D eigenvalue weighted by Crippen LogP contribution is 2.35. The zero-order chi connectivity index (χ0) is 20.4. The summed E-state index contributed by atoms with van der Waals surface area (Å²) < 4.78 is 1.14. The van der Waals surface area contributed by atoms with Gasteiger partial charge in [-0.1, -0.05) is 49.4 Å². The van der Waals surface area contributed by atoms with E-state index in [9.17, 15) is 0 Å². The van der Waals surface area contributed by atoms with Gasteiger partial charge in [-0.05, 0) is 42.7 Å². The smallest absolute Gasteiger partial charge is 0.0636 e. The van der Waals surface area contributed by atoms with E-state index in [0.29, 0.717) is 6.54 Å². The van der Waals surface area contributed by atoms with Crippen molar-refractivity contribution in [3.63, 3.8) is 0 Å². The molecule has 0 spiro atoms. The maximum absolute atomic E-state index is 6.41. The highest BCUT2D eigenvalue weighted by Gasteiger charge is 2.22. The molecule has 0 fully saturated rings. The number of rotatable bonds is 4. The van der Waals surface area contributed by atoms with E-state index in [-0.39, 0.29) is 0 Å². The molecule has 3 nitrogen and oxygen atoms in total. The van der Waals surface area contributed by atoms with Gasteiger partial charge in [0.05, 0.1) is 10.7 Å². The summed E-state index contributed by atoms with van der Waals surface area (Å²) in [5.41, 5.74) is 10.6. The van der Waals surface area contributed by atoms with Crippen molar-refractivity contribution in [2.45, 2.75) is 33.2 Å². The second-order valence-electron chi connectivity index (χ2n) is 7.17. The molecule has 3 aromatic rings. The fourth-order valence-electron chi connectivity index (χ4n) is 4.05. The number of fused-ring (bicyclic) bond motifs is 2. The number of anilines is 1. The predicted molar refractivity (Wildman–Crippen MR) is 126 cm³/mol. The fourth-order valence-corrected chi connectivity index (χ4v) is 5.47. The molecule has 150 valence electrons. The predicted octanol–water partition coefficient (Wildman–Crippen LogP) is 5.42. The first-order valence-corrected chi connectivity index (χ1v) is 11.4. The second kappa shape index (κ2) is 8.77. The van der Waals surface area contributed by atoms with Crippen LogP contribution in [0, 0.1) is 11.8 Å². The molecule has 0 amide bonds. The molecule has 2 aromatic carbocycles. The summed E-state index contributed by atoms with van der Waals surface area (Å²) in [4.78, 5) is 1.03. The molecule has 2 N–H and O–H groups in total. The SMILES string of the molecule is CCN(CC)N1CCCc2c(C#Cc3ccc4c(Cl)c(CN)sc4c3)cccc21. The van der Waals surface area contributed by atoms with E-state index in [0.717, 1.165) is 63.6 Å². The first kappa shape index (κ1) is 20.3. The van der Waals surface area contributed by atoms with Crippen LogP contribution < -0.4 is 10.7 Å². The third-order valence-corrected chi connectivity index (χ3v) is 7.24. The van der Waals surface area contributed by atoms with Gasteiger partial charge in [-0.15, -0.1) is 11.3 Å². The normalized spacial score (nSPS) is 13.5. The van der Waals surface area contributed by atoms with Crippen molar-refractivity contribution >= 4 is 38.7 Å². The van der Waals surface area contributed by atoms with E-state index in [1.54, 1.807) is 11.3 Å². The number of hydrogen-bond acceptors (Lipinski definition) is 4. The van der Waals surface area contributed by atoms with E-state index < -0.39 is 0 Å². The summed E-state index contributed by atoms with van der Waals surface area (Å²) in [6.45, 7) is 8.00. The third kappa shape index (κ3) is 3.89. The molecular weight excluding hydrogens is 398 g/mol. The summed E-state index contributed by atoms with van der Waals surface area (Å²) in [6.07, 6.45) is 2.24. The first-order chi connectivity index (χ1) is 14.2. The number of nitrogens with zero attached hydrogens (tertiary/aromatic N) is 2. The molecule has 0 unspecified atom stereocenters. The summed E-state index contributed by atoms with van der Waals surface area (Å²) in [7, 11) is 0. The van der Waals surface area contributed by atoms with Crippen molar-refractivity contribution in [3.8, 4) is 11.8 Å². The van der Waals surface area contributed by atoms with Crippen LogP contribution in [0.15, 0.2) is 36.4 Å². The number of hydrazine groups is 1. The number of halogens is 1. The Labute approximate surface area is 182 Å². The van der Waals surface area contributed by atoms with E-state index in [1.165, 1.54) is 11.3 Å².